The van der Waals surface area contributed by atoms with E-state index >= 15 is 0 Å². The molecule has 28 heavy (non-hydrogen) atoms. The van der Waals surface area contributed by atoms with Crippen molar-refractivity contribution in [2.45, 2.75) is 6.92 Å². The van der Waals surface area contributed by atoms with E-state index in [1.54, 1.807) is 61.5 Å². The van der Waals surface area contributed by atoms with Gasteiger partial charge in [0.1, 0.15) is 10.1 Å². The molecule has 1 aliphatic rings. The maximum atomic E-state index is 12.6. The van der Waals surface area contributed by atoms with E-state index in [9.17, 15) is 14.7 Å². The highest BCUT2D eigenvalue weighted by Gasteiger charge is 2.31. The minimum absolute atomic E-state index is 0.104. The number of aromatic hydroxyl groups is 1. The number of hydrogen-bond donors (Lipinski definition) is 2. The van der Waals surface area contributed by atoms with Gasteiger partial charge in [0.15, 0.2) is 0 Å². The molecule has 1 saturated heterocycles. The SMILES string of the molecule is CCOC(=O)c1ccc(NCN2C(=O)C(=Cc3ccccc3O)SC2=S)cc1. The van der Waals surface area contributed by atoms with Gasteiger partial charge in [0, 0.05) is 11.3 Å². The molecule has 0 unspecified atom stereocenters. The average Bonchev–Trinajstić information content (AvgIpc) is 2.95. The fraction of sp³-hybridized carbons (Fsp3) is 0.150. The van der Waals surface area contributed by atoms with Gasteiger partial charge in [-0.15, -0.1) is 0 Å². The zero-order valence-electron chi connectivity index (χ0n) is 15.0. The van der Waals surface area contributed by atoms with Crippen LogP contribution >= 0.6 is 24.0 Å². The van der Waals surface area contributed by atoms with Crippen LogP contribution in [0.25, 0.3) is 6.08 Å². The van der Waals surface area contributed by atoms with Crippen LogP contribution in [0, 0.1) is 0 Å². The number of esters is 1. The van der Waals surface area contributed by atoms with E-state index in [0.29, 0.717) is 27.0 Å². The van der Waals surface area contributed by atoms with Crippen LogP contribution in [0.2, 0.25) is 0 Å². The first-order chi connectivity index (χ1) is 13.5. The molecule has 1 heterocycles. The van der Waals surface area contributed by atoms with Crippen LogP contribution in [-0.4, -0.2) is 39.5 Å². The highest BCUT2D eigenvalue weighted by Crippen LogP contribution is 2.33. The zero-order chi connectivity index (χ0) is 20.1. The summed E-state index contributed by atoms with van der Waals surface area (Å²) >= 11 is 6.50. The summed E-state index contributed by atoms with van der Waals surface area (Å²) in [6, 6.07) is 13.6. The molecule has 6 nitrogen and oxygen atoms in total. The van der Waals surface area contributed by atoms with Crippen molar-refractivity contribution in [3.63, 3.8) is 0 Å². The van der Waals surface area contributed by atoms with Gasteiger partial charge in [-0.25, -0.2) is 4.79 Å². The smallest absolute Gasteiger partial charge is 0.338 e. The summed E-state index contributed by atoms with van der Waals surface area (Å²) in [5.74, 6) is -0.498. The number of ether oxygens (including phenoxy) is 1. The molecule has 0 aromatic heterocycles. The van der Waals surface area contributed by atoms with E-state index in [1.807, 2.05) is 0 Å². The Morgan fingerprint density at radius 2 is 1.96 bits per heavy atom. The lowest BCUT2D eigenvalue weighted by atomic mass is 10.2. The van der Waals surface area contributed by atoms with Gasteiger partial charge >= 0.3 is 5.97 Å². The van der Waals surface area contributed by atoms with Gasteiger partial charge in [-0.1, -0.05) is 42.2 Å². The van der Waals surface area contributed by atoms with Gasteiger partial charge < -0.3 is 15.2 Å². The van der Waals surface area contributed by atoms with Gasteiger partial charge in [-0.05, 0) is 43.3 Å². The fourth-order valence-electron chi connectivity index (χ4n) is 2.50. The molecular formula is C20H18N2O4S2. The third kappa shape index (κ3) is 4.52. The summed E-state index contributed by atoms with van der Waals surface area (Å²) in [5.41, 5.74) is 1.76. The van der Waals surface area contributed by atoms with Crippen LogP contribution < -0.4 is 5.32 Å². The second kappa shape index (κ2) is 8.90. The van der Waals surface area contributed by atoms with E-state index in [-0.39, 0.29) is 24.3 Å². The van der Waals surface area contributed by atoms with Crippen LogP contribution in [0.3, 0.4) is 0 Å². The lowest BCUT2D eigenvalue weighted by Gasteiger charge is -2.16. The molecule has 2 aromatic carbocycles. The summed E-state index contributed by atoms with van der Waals surface area (Å²) in [6.45, 7) is 2.27. The molecule has 1 aliphatic heterocycles. The summed E-state index contributed by atoms with van der Waals surface area (Å²) in [4.78, 5) is 26.2. The maximum absolute atomic E-state index is 12.6. The number of phenols is 1. The molecule has 1 fully saturated rings. The van der Waals surface area contributed by atoms with Crippen molar-refractivity contribution in [1.29, 1.82) is 0 Å². The van der Waals surface area contributed by atoms with Gasteiger partial charge in [-0.2, -0.15) is 0 Å². The number of rotatable bonds is 6. The molecule has 2 N–H and O–H groups in total. The van der Waals surface area contributed by atoms with Gasteiger partial charge in [0.05, 0.1) is 23.7 Å². The minimum atomic E-state index is -0.375. The van der Waals surface area contributed by atoms with E-state index in [4.69, 9.17) is 17.0 Å². The molecule has 0 radical (unpaired) electrons. The van der Waals surface area contributed by atoms with Crippen LogP contribution in [-0.2, 0) is 9.53 Å². The van der Waals surface area contributed by atoms with E-state index in [1.165, 1.54) is 16.7 Å². The minimum Gasteiger partial charge on any atom is -0.507 e. The van der Waals surface area contributed by atoms with Crippen molar-refractivity contribution in [3.8, 4) is 5.75 Å². The number of hydrogen-bond acceptors (Lipinski definition) is 7. The Hall–Kier alpha value is -2.84. The average molecular weight is 415 g/mol. The number of para-hydroxylation sites is 1. The predicted molar refractivity (Wildman–Crippen MR) is 114 cm³/mol. The first-order valence-electron chi connectivity index (χ1n) is 8.54. The zero-order valence-corrected chi connectivity index (χ0v) is 16.7. The predicted octanol–water partition coefficient (Wildman–Crippen LogP) is 3.84. The maximum Gasteiger partial charge on any atom is 0.338 e. The lowest BCUT2D eigenvalue weighted by Crippen LogP contribution is -2.33. The second-order valence-electron chi connectivity index (χ2n) is 5.80. The number of nitrogens with one attached hydrogen (secondary N) is 1. The Bertz CT molecular complexity index is 941. The standard InChI is InChI=1S/C20H18N2O4S2/c1-2-26-19(25)13-7-9-15(10-8-13)21-12-22-18(24)17(28-20(22)27)11-14-5-3-4-6-16(14)23/h3-11,21,23H,2,12H2,1H3. The molecule has 144 valence electrons. The third-order valence-corrected chi connectivity index (χ3v) is 5.31. The summed E-state index contributed by atoms with van der Waals surface area (Å²) in [6.07, 6.45) is 1.63. The Morgan fingerprint density at radius 1 is 1.25 bits per heavy atom. The number of thiocarbonyl (C=S) groups is 1. The van der Waals surface area contributed by atoms with E-state index < -0.39 is 0 Å². The van der Waals surface area contributed by atoms with Crippen molar-refractivity contribution < 1.29 is 19.4 Å². The van der Waals surface area contributed by atoms with Crippen molar-refractivity contribution in [3.05, 3.63) is 64.6 Å². The number of benzene rings is 2. The van der Waals surface area contributed by atoms with Crippen molar-refractivity contribution >= 4 is 51.9 Å². The highest BCUT2D eigenvalue weighted by molar-refractivity contribution is 8.26. The quantitative estimate of drug-likeness (QED) is 0.422. The number of carbonyl (C=O) groups excluding carboxylic acids is 2. The van der Waals surface area contributed by atoms with E-state index in [0.717, 1.165) is 5.69 Å². The molecule has 0 saturated carbocycles. The van der Waals surface area contributed by atoms with Crippen molar-refractivity contribution in [1.82, 2.24) is 4.90 Å². The van der Waals surface area contributed by atoms with E-state index in [2.05, 4.69) is 5.32 Å². The number of amides is 1. The topological polar surface area (TPSA) is 78.9 Å². The number of phenolic OH excluding ortho intramolecular Hbond substituents is 1. The van der Waals surface area contributed by atoms with Crippen LogP contribution in [0.1, 0.15) is 22.8 Å². The summed E-state index contributed by atoms with van der Waals surface area (Å²) in [7, 11) is 0. The van der Waals surface area contributed by atoms with Gasteiger partial charge in [0.25, 0.3) is 5.91 Å². The molecule has 0 bridgehead atoms. The Morgan fingerprint density at radius 3 is 2.64 bits per heavy atom. The molecule has 2 aromatic rings. The van der Waals surface area contributed by atoms with Crippen LogP contribution in [0.5, 0.6) is 5.75 Å². The van der Waals surface area contributed by atoms with Crippen molar-refractivity contribution in [2.24, 2.45) is 0 Å². The Kier molecular flexibility index (Phi) is 6.33. The molecule has 1 amide bonds. The third-order valence-electron chi connectivity index (χ3n) is 3.93. The fourth-order valence-corrected chi connectivity index (χ4v) is 3.74. The molecule has 0 spiro atoms. The van der Waals surface area contributed by atoms with Crippen molar-refractivity contribution in [2.75, 3.05) is 18.6 Å². The first kappa shape index (κ1) is 19.9. The Balaban J connectivity index is 1.65. The first-order valence-corrected chi connectivity index (χ1v) is 9.76. The highest BCUT2D eigenvalue weighted by atomic mass is 32.2. The monoisotopic (exact) mass is 414 g/mol. The van der Waals surface area contributed by atoms with Gasteiger partial charge in [-0.3, -0.25) is 9.69 Å². The lowest BCUT2D eigenvalue weighted by molar-refractivity contribution is -0.121. The Labute approximate surface area is 172 Å². The molecule has 3 rings (SSSR count). The number of carbonyl (C=O) groups is 2. The number of thioether (sulfide) groups is 1. The molecular weight excluding hydrogens is 396 g/mol. The molecule has 0 atom stereocenters. The number of nitrogens with zero attached hydrogens (tertiary/aromatic N) is 1. The normalized spacial score (nSPS) is 15.2. The largest absolute Gasteiger partial charge is 0.507 e. The van der Waals surface area contributed by atoms with Crippen LogP contribution in [0.15, 0.2) is 53.4 Å². The number of anilines is 1. The van der Waals surface area contributed by atoms with Crippen LogP contribution in [0.4, 0.5) is 5.69 Å². The molecule has 8 heteroatoms. The summed E-state index contributed by atoms with van der Waals surface area (Å²) in [5, 5.41) is 13.0. The summed E-state index contributed by atoms with van der Waals surface area (Å²) < 4.78 is 5.38. The molecule has 0 aliphatic carbocycles. The second-order valence-corrected chi connectivity index (χ2v) is 7.48. The van der Waals surface area contributed by atoms with Gasteiger partial charge in [0.2, 0.25) is 0 Å².